The second-order valence-corrected chi connectivity index (χ2v) is 6.68. The highest BCUT2D eigenvalue weighted by atomic mass is 16.4. The van der Waals surface area contributed by atoms with E-state index in [0.717, 1.165) is 37.3 Å². The summed E-state index contributed by atoms with van der Waals surface area (Å²) < 4.78 is 5.20. The van der Waals surface area contributed by atoms with Crippen LogP contribution in [0.3, 0.4) is 0 Å². The average molecular weight is 356 g/mol. The summed E-state index contributed by atoms with van der Waals surface area (Å²) in [5, 5.41) is 12.0. The van der Waals surface area contributed by atoms with Crippen molar-refractivity contribution in [2.75, 3.05) is 19.6 Å². The van der Waals surface area contributed by atoms with Crippen LogP contribution in [0.2, 0.25) is 0 Å². The van der Waals surface area contributed by atoms with Gasteiger partial charge in [-0.3, -0.25) is 4.79 Å². The van der Waals surface area contributed by atoms with Gasteiger partial charge in [0.2, 0.25) is 5.91 Å². The van der Waals surface area contributed by atoms with Crippen molar-refractivity contribution >= 4 is 11.9 Å². The van der Waals surface area contributed by atoms with Crippen LogP contribution < -0.4 is 5.32 Å². The molecule has 0 spiro atoms. The van der Waals surface area contributed by atoms with E-state index < -0.39 is 5.97 Å². The van der Waals surface area contributed by atoms with Crippen molar-refractivity contribution in [3.8, 4) is 0 Å². The fourth-order valence-electron chi connectivity index (χ4n) is 3.40. The minimum atomic E-state index is -0.896. The van der Waals surface area contributed by atoms with E-state index in [9.17, 15) is 9.59 Å². The van der Waals surface area contributed by atoms with Crippen molar-refractivity contribution in [2.45, 2.75) is 31.7 Å². The Balaban J connectivity index is 1.48. The number of piperidine rings is 1. The van der Waals surface area contributed by atoms with Crippen molar-refractivity contribution in [1.82, 2.24) is 10.2 Å². The van der Waals surface area contributed by atoms with Gasteiger partial charge in [0.15, 0.2) is 0 Å². The number of likely N-dealkylation sites (tertiary alicyclic amines) is 1. The molecule has 1 atom stereocenters. The van der Waals surface area contributed by atoms with Crippen LogP contribution in [0.1, 0.15) is 46.9 Å². The van der Waals surface area contributed by atoms with Crippen LogP contribution >= 0.6 is 0 Å². The molecule has 0 unspecified atom stereocenters. The van der Waals surface area contributed by atoms with E-state index in [1.54, 1.807) is 30.5 Å². The van der Waals surface area contributed by atoms with Gasteiger partial charge in [-0.15, -0.1) is 0 Å². The van der Waals surface area contributed by atoms with Gasteiger partial charge in [0.25, 0.3) is 0 Å². The van der Waals surface area contributed by atoms with Crippen LogP contribution in [0, 0.1) is 0 Å². The highest BCUT2D eigenvalue weighted by molar-refractivity contribution is 5.87. The Hall–Kier alpha value is -2.60. The lowest BCUT2D eigenvalue weighted by Gasteiger charge is -2.33. The molecule has 1 fully saturated rings. The maximum Gasteiger partial charge on any atom is 0.335 e. The molecule has 0 saturated carbocycles. The summed E-state index contributed by atoms with van der Waals surface area (Å²) in [6, 6.07) is 10.8. The third kappa shape index (κ3) is 4.95. The topological polar surface area (TPSA) is 82.8 Å². The third-order valence-corrected chi connectivity index (χ3v) is 4.81. The van der Waals surface area contributed by atoms with E-state index in [4.69, 9.17) is 9.52 Å². The Kier molecular flexibility index (Phi) is 6.07. The van der Waals surface area contributed by atoms with Gasteiger partial charge >= 0.3 is 5.97 Å². The molecule has 3 rings (SSSR count). The fourth-order valence-corrected chi connectivity index (χ4v) is 3.40. The number of aromatic carboxylic acids is 1. The normalized spacial score (nSPS) is 17.8. The Labute approximate surface area is 152 Å². The molecule has 6 nitrogen and oxygen atoms in total. The number of hydrogen-bond acceptors (Lipinski definition) is 4. The lowest BCUT2D eigenvalue weighted by molar-refractivity contribution is -0.121. The van der Waals surface area contributed by atoms with E-state index in [1.807, 2.05) is 12.1 Å². The van der Waals surface area contributed by atoms with Crippen LogP contribution in [0.4, 0.5) is 0 Å². The Morgan fingerprint density at radius 1 is 1.27 bits per heavy atom. The summed E-state index contributed by atoms with van der Waals surface area (Å²) in [4.78, 5) is 25.5. The van der Waals surface area contributed by atoms with Gasteiger partial charge in [-0.2, -0.15) is 0 Å². The zero-order valence-corrected chi connectivity index (χ0v) is 14.7. The first-order valence-corrected chi connectivity index (χ1v) is 8.96. The predicted octanol–water partition coefficient (Wildman–Crippen LogP) is 2.86. The molecule has 1 amide bonds. The number of carboxylic acid groups (broad SMARTS) is 1. The van der Waals surface area contributed by atoms with Crippen LogP contribution in [0.25, 0.3) is 0 Å². The molecule has 0 radical (unpaired) electrons. The van der Waals surface area contributed by atoms with E-state index in [2.05, 4.69) is 10.2 Å². The molecule has 2 N–H and O–H groups in total. The number of carbonyl (C=O) groups is 2. The van der Waals surface area contributed by atoms with Crippen LogP contribution in [0.5, 0.6) is 0 Å². The lowest BCUT2D eigenvalue weighted by atomic mass is 9.89. The Morgan fingerprint density at radius 3 is 2.92 bits per heavy atom. The quantitative estimate of drug-likeness (QED) is 0.797. The van der Waals surface area contributed by atoms with Crippen molar-refractivity contribution in [3.63, 3.8) is 0 Å². The number of nitrogens with one attached hydrogen (secondary N) is 1. The van der Waals surface area contributed by atoms with E-state index in [1.165, 1.54) is 0 Å². The van der Waals surface area contributed by atoms with Gasteiger partial charge in [-0.1, -0.05) is 12.1 Å². The van der Waals surface area contributed by atoms with Gasteiger partial charge in [0.05, 0.1) is 18.4 Å². The minimum Gasteiger partial charge on any atom is -0.478 e. The molecule has 1 aromatic carbocycles. The molecule has 138 valence electrons. The molecule has 1 aliphatic rings. The molecule has 0 bridgehead atoms. The van der Waals surface area contributed by atoms with Gasteiger partial charge < -0.3 is 19.7 Å². The van der Waals surface area contributed by atoms with Gasteiger partial charge in [0.1, 0.15) is 5.76 Å². The fraction of sp³-hybridized carbons (Fsp3) is 0.400. The number of amides is 1. The SMILES string of the molecule is O=C(CCN1CCC[C@H](c2cccc(C(=O)O)c2)C1)NCc1ccco1. The molecule has 1 aliphatic heterocycles. The van der Waals surface area contributed by atoms with Crippen LogP contribution in [0.15, 0.2) is 47.1 Å². The molecule has 2 heterocycles. The summed E-state index contributed by atoms with van der Waals surface area (Å²) in [5.74, 6) is 0.174. The summed E-state index contributed by atoms with van der Waals surface area (Å²) in [6.45, 7) is 2.95. The average Bonchev–Trinajstić information content (AvgIpc) is 3.18. The van der Waals surface area contributed by atoms with Gasteiger partial charge in [-0.25, -0.2) is 4.79 Å². The highest BCUT2D eigenvalue weighted by Gasteiger charge is 2.22. The number of hydrogen-bond donors (Lipinski definition) is 2. The number of carbonyl (C=O) groups excluding carboxylic acids is 1. The summed E-state index contributed by atoms with van der Waals surface area (Å²) in [5.41, 5.74) is 1.40. The number of rotatable bonds is 7. The highest BCUT2D eigenvalue weighted by Crippen LogP contribution is 2.27. The Bertz CT molecular complexity index is 742. The smallest absolute Gasteiger partial charge is 0.335 e. The number of benzene rings is 1. The van der Waals surface area contributed by atoms with Crippen molar-refractivity contribution in [2.24, 2.45) is 0 Å². The number of nitrogens with zero attached hydrogens (tertiary/aromatic N) is 1. The van der Waals surface area contributed by atoms with E-state index >= 15 is 0 Å². The first-order valence-electron chi connectivity index (χ1n) is 8.96. The molecule has 26 heavy (non-hydrogen) atoms. The second kappa shape index (κ2) is 8.67. The zero-order valence-electron chi connectivity index (χ0n) is 14.7. The summed E-state index contributed by atoms with van der Waals surface area (Å²) >= 11 is 0. The largest absolute Gasteiger partial charge is 0.478 e. The maximum absolute atomic E-state index is 12.0. The lowest BCUT2D eigenvalue weighted by Crippen LogP contribution is -2.37. The second-order valence-electron chi connectivity index (χ2n) is 6.68. The van der Waals surface area contributed by atoms with Gasteiger partial charge in [-0.05, 0) is 55.1 Å². The summed E-state index contributed by atoms with van der Waals surface area (Å²) in [6.07, 6.45) is 4.14. The van der Waals surface area contributed by atoms with E-state index in [-0.39, 0.29) is 5.91 Å². The van der Waals surface area contributed by atoms with Crippen LogP contribution in [-0.2, 0) is 11.3 Å². The number of furan rings is 1. The number of carboxylic acids is 1. The first kappa shape index (κ1) is 18.2. The molecule has 1 aromatic heterocycles. The molecule has 0 aliphatic carbocycles. The minimum absolute atomic E-state index is 0.0106. The molecule has 6 heteroatoms. The maximum atomic E-state index is 12.0. The van der Waals surface area contributed by atoms with Crippen molar-refractivity contribution < 1.29 is 19.1 Å². The Morgan fingerprint density at radius 2 is 2.15 bits per heavy atom. The molecular weight excluding hydrogens is 332 g/mol. The molecule has 1 saturated heterocycles. The molecule has 2 aromatic rings. The summed E-state index contributed by atoms with van der Waals surface area (Å²) in [7, 11) is 0. The molecular formula is C20H24N2O4. The third-order valence-electron chi connectivity index (χ3n) is 4.81. The zero-order chi connectivity index (χ0) is 18.4. The van der Waals surface area contributed by atoms with Crippen molar-refractivity contribution in [1.29, 1.82) is 0 Å². The van der Waals surface area contributed by atoms with Gasteiger partial charge in [0, 0.05) is 19.5 Å². The van der Waals surface area contributed by atoms with Crippen molar-refractivity contribution in [3.05, 3.63) is 59.5 Å². The van der Waals surface area contributed by atoms with Crippen LogP contribution in [-0.4, -0.2) is 41.5 Å². The predicted molar refractivity (Wildman–Crippen MR) is 97.0 cm³/mol. The standard InChI is InChI=1S/C20H24N2O4/c23-19(21-13-18-7-3-11-26-18)8-10-22-9-2-6-17(14-22)15-4-1-5-16(12-15)20(24)25/h1,3-5,7,11-12,17H,2,6,8-10,13-14H2,(H,21,23)(H,24,25)/t17-/m0/s1. The monoisotopic (exact) mass is 356 g/mol. The first-order chi connectivity index (χ1) is 12.6. The van der Waals surface area contributed by atoms with E-state index in [0.29, 0.717) is 31.0 Å².